The first-order valence-electron chi connectivity index (χ1n) is 10.2. The number of carbonyl (C=O) groups excluding carboxylic acids is 1. The van der Waals surface area contributed by atoms with Crippen molar-refractivity contribution in [2.45, 2.75) is 24.8 Å². The number of rotatable bonds is 7. The standard InChI is InChI=1S/C25H24N4O2S/c1-17-7-6-8-21(15-17)26-24(30)20-13-11-19(12-14-20)16-32-25-28-27-18(2)29(25)22-9-4-5-10-23(22)31-3/h4-15H,16H2,1-3H3,(H,26,30). The number of ether oxygens (including phenoxy) is 1. The Morgan fingerprint density at radius 1 is 1.00 bits per heavy atom. The van der Waals surface area contributed by atoms with E-state index in [0.717, 1.165) is 39.2 Å². The number of hydrogen-bond donors (Lipinski definition) is 1. The van der Waals surface area contributed by atoms with Crippen LogP contribution in [0.15, 0.2) is 78.0 Å². The van der Waals surface area contributed by atoms with Gasteiger partial charge < -0.3 is 10.1 Å². The maximum Gasteiger partial charge on any atom is 0.255 e. The van der Waals surface area contributed by atoms with E-state index in [1.807, 2.05) is 91.2 Å². The molecule has 0 saturated heterocycles. The highest BCUT2D eigenvalue weighted by Gasteiger charge is 2.15. The Labute approximate surface area is 191 Å². The second-order valence-electron chi connectivity index (χ2n) is 7.35. The first-order valence-corrected chi connectivity index (χ1v) is 11.2. The Bertz CT molecular complexity index is 1230. The van der Waals surface area contributed by atoms with Crippen LogP contribution < -0.4 is 10.1 Å². The molecule has 0 atom stereocenters. The molecular weight excluding hydrogens is 420 g/mol. The molecule has 1 N–H and O–H groups in total. The molecule has 0 fully saturated rings. The molecule has 0 aliphatic heterocycles. The summed E-state index contributed by atoms with van der Waals surface area (Å²) in [6, 6.07) is 23.2. The number of anilines is 1. The largest absolute Gasteiger partial charge is 0.495 e. The van der Waals surface area contributed by atoms with Gasteiger partial charge in [0, 0.05) is 17.0 Å². The van der Waals surface area contributed by atoms with Crippen molar-refractivity contribution in [2.75, 3.05) is 12.4 Å². The minimum absolute atomic E-state index is 0.124. The number of benzene rings is 3. The van der Waals surface area contributed by atoms with Crippen LogP contribution in [0.1, 0.15) is 27.3 Å². The fraction of sp³-hybridized carbons (Fsp3) is 0.160. The topological polar surface area (TPSA) is 69.0 Å². The van der Waals surface area contributed by atoms with Crippen molar-refractivity contribution in [3.8, 4) is 11.4 Å². The highest BCUT2D eigenvalue weighted by Crippen LogP contribution is 2.30. The van der Waals surface area contributed by atoms with Gasteiger partial charge in [-0.3, -0.25) is 9.36 Å². The summed E-state index contributed by atoms with van der Waals surface area (Å²) in [7, 11) is 1.65. The normalized spacial score (nSPS) is 10.7. The van der Waals surface area contributed by atoms with Gasteiger partial charge in [0.25, 0.3) is 5.91 Å². The van der Waals surface area contributed by atoms with Crippen LogP contribution in [0, 0.1) is 13.8 Å². The molecule has 32 heavy (non-hydrogen) atoms. The summed E-state index contributed by atoms with van der Waals surface area (Å²) in [5.74, 6) is 2.13. The Balaban J connectivity index is 1.45. The highest BCUT2D eigenvalue weighted by atomic mass is 32.2. The van der Waals surface area contributed by atoms with E-state index in [4.69, 9.17) is 4.74 Å². The SMILES string of the molecule is COc1ccccc1-n1c(C)nnc1SCc1ccc(C(=O)Nc2cccc(C)c2)cc1. The number of nitrogens with one attached hydrogen (secondary N) is 1. The summed E-state index contributed by atoms with van der Waals surface area (Å²) in [4.78, 5) is 12.5. The molecule has 4 rings (SSSR count). The van der Waals surface area contributed by atoms with Gasteiger partial charge in [0.05, 0.1) is 12.8 Å². The van der Waals surface area contributed by atoms with Crippen molar-refractivity contribution >= 4 is 23.4 Å². The molecule has 1 aromatic heterocycles. The fourth-order valence-electron chi connectivity index (χ4n) is 3.35. The van der Waals surface area contributed by atoms with E-state index in [1.165, 1.54) is 0 Å². The molecule has 1 amide bonds. The van der Waals surface area contributed by atoms with Gasteiger partial charge in [-0.25, -0.2) is 0 Å². The Morgan fingerprint density at radius 3 is 2.53 bits per heavy atom. The number of amides is 1. The number of nitrogens with zero attached hydrogens (tertiary/aromatic N) is 3. The van der Waals surface area contributed by atoms with E-state index >= 15 is 0 Å². The molecule has 0 unspecified atom stereocenters. The van der Waals surface area contributed by atoms with Crippen molar-refractivity contribution in [3.63, 3.8) is 0 Å². The molecule has 0 spiro atoms. The number of thioether (sulfide) groups is 1. The summed E-state index contributed by atoms with van der Waals surface area (Å²) in [5.41, 5.74) is 4.51. The van der Waals surface area contributed by atoms with E-state index in [2.05, 4.69) is 15.5 Å². The molecule has 4 aromatic rings. The lowest BCUT2D eigenvalue weighted by Crippen LogP contribution is -2.11. The lowest BCUT2D eigenvalue weighted by Gasteiger charge is -2.12. The molecule has 0 aliphatic carbocycles. The van der Waals surface area contributed by atoms with Gasteiger partial charge in [-0.15, -0.1) is 10.2 Å². The predicted octanol–water partition coefficient (Wildman–Crippen LogP) is 5.44. The highest BCUT2D eigenvalue weighted by molar-refractivity contribution is 7.98. The van der Waals surface area contributed by atoms with Gasteiger partial charge in [0.1, 0.15) is 11.6 Å². The second-order valence-corrected chi connectivity index (χ2v) is 8.29. The molecular formula is C25H24N4O2S. The molecule has 0 saturated carbocycles. The first-order chi connectivity index (χ1) is 15.5. The zero-order chi connectivity index (χ0) is 22.5. The molecule has 162 valence electrons. The van der Waals surface area contributed by atoms with Crippen molar-refractivity contribution < 1.29 is 9.53 Å². The van der Waals surface area contributed by atoms with E-state index in [0.29, 0.717) is 11.3 Å². The third-order valence-electron chi connectivity index (χ3n) is 4.98. The molecule has 3 aromatic carbocycles. The predicted molar refractivity (Wildman–Crippen MR) is 128 cm³/mol. The maximum atomic E-state index is 12.5. The quantitative estimate of drug-likeness (QED) is 0.385. The Hall–Kier alpha value is -3.58. The summed E-state index contributed by atoms with van der Waals surface area (Å²) >= 11 is 1.59. The van der Waals surface area contributed by atoms with E-state index in [9.17, 15) is 4.79 Å². The van der Waals surface area contributed by atoms with Crippen LogP contribution in [0.25, 0.3) is 5.69 Å². The smallest absolute Gasteiger partial charge is 0.255 e. The van der Waals surface area contributed by atoms with Crippen molar-refractivity contribution in [3.05, 3.63) is 95.3 Å². The average Bonchev–Trinajstić information content (AvgIpc) is 3.18. The van der Waals surface area contributed by atoms with Crippen LogP contribution in [0.4, 0.5) is 5.69 Å². The minimum atomic E-state index is -0.124. The van der Waals surface area contributed by atoms with Gasteiger partial charge in [-0.1, -0.05) is 48.2 Å². The minimum Gasteiger partial charge on any atom is -0.495 e. The number of aryl methyl sites for hydroxylation is 2. The van der Waals surface area contributed by atoms with Crippen LogP contribution in [0.2, 0.25) is 0 Å². The van der Waals surface area contributed by atoms with E-state index in [-0.39, 0.29) is 5.91 Å². The lowest BCUT2D eigenvalue weighted by molar-refractivity contribution is 0.102. The van der Waals surface area contributed by atoms with E-state index in [1.54, 1.807) is 18.9 Å². The number of carbonyl (C=O) groups is 1. The Kier molecular flexibility index (Phi) is 6.56. The maximum absolute atomic E-state index is 12.5. The summed E-state index contributed by atoms with van der Waals surface area (Å²) in [5, 5.41) is 12.3. The molecule has 1 heterocycles. The third-order valence-corrected chi connectivity index (χ3v) is 5.98. The first kappa shape index (κ1) is 21.6. The summed E-state index contributed by atoms with van der Waals surface area (Å²) in [6.45, 7) is 3.92. The van der Waals surface area contributed by atoms with Crippen LogP contribution in [-0.4, -0.2) is 27.8 Å². The Morgan fingerprint density at radius 2 is 1.78 bits per heavy atom. The zero-order valence-electron chi connectivity index (χ0n) is 18.2. The van der Waals surface area contributed by atoms with Crippen LogP contribution in [-0.2, 0) is 5.75 Å². The molecule has 0 aliphatic rings. The lowest BCUT2D eigenvalue weighted by atomic mass is 10.1. The zero-order valence-corrected chi connectivity index (χ0v) is 19.0. The third kappa shape index (κ3) is 4.84. The molecule has 6 nitrogen and oxygen atoms in total. The van der Waals surface area contributed by atoms with Crippen molar-refractivity contribution in [1.29, 1.82) is 0 Å². The average molecular weight is 445 g/mol. The van der Waals surface area contributed by atoms with Crippen LogP contribution >= 0.6 is 11.8 Å². The number of aromatic nitrogens is 3. The second kappa shape index (κ2) is 9.70. The van der Waals surface area contributed by atoms with Crippen LogP contribution in [0.3, 0.4) is 0 Å². The summed E-state index contributed by atoms with van der Waals surface area (Å²) in [6.07, 6.45) is 0. The monoisotopic (exact) mass is 444 g/mol. The van der Waals surface area contributed by atoms with Gasteiger partial charge in [-0.2, -0.15) is 0 Å². The van der Waals surface area contributed by atoms with E-state index < -0.39 is 0 Å². The van der Waals surface area contributed by atoms with Gasteiger partial charge in [0.2, 0.25) is 0 Å². The molecule has 0 bridgehead atoms. The van der Waals surface area contributed by atoms with Gasteiger partial charge in [-0.05, 0) is 61.4 Å². The van der Waals surface area contributed by atoms with Crippen molar-refractivity contribution in [1.82, 2.24) is 14.8 Å². The number of hydrogen-bond acceptors (Lipinski definition) is 5. The number of methoxy groups -OCH3 is 1. The molecule has 0 radical (unpaired) electrons. The number of para-hydroxylation sites is 2. The van der Waals surface area contributed by atoms with Gasteiger partial charge in [0.15, 0.2) is 5.16 Å². The fourth-order valence-corrected chi connectivity index (χ4v) is 4.30. The summed E-state index contributed by atoms with van der Waals surface area (Å²) < 4.78 is 7.50. The van der Waals surface area contributed by atoms with Crippen molar-refractivity contribution in [2.24, 2.45) is 0 Å². The van der Waals surface area contributed by atoms with Gasteiger partial charge >= 0.3 is 0 Å². The van der Waals surface area contributed by atoms with Crippen LogP contribution in [0.5, 0.6) is 5.75 Å². The molecule has 7 heteroatoms.